The topological polar surface area (TPSA) is 123 Å². The summed E-state index contributed by atoms with van der Waals surface area (Å²) < 4.78 is 17.7. The lowest BCUT2D eigenvalue weighted by molar-refractivity contribution is -0.360. The van der Waals surface area contributed by atoms with Crippen molar-refractivity contribution < 1.29 is 14.2 Å². The Morgan fingerprint density at radius 3 is 2.52 bits per heavy atom. The summed E-state index contributed by atoms with van der Waals surface area (Å²) in [6.45, 7) is 3.97. The van der Waals surface area contributed by atoms with Crippen molar-refractivity contribution in [3.05, 3.63) is 42.5 Å². The molecule has 1 aromatic rings. The summed E-state index contributed by atoms with van der Waals surface area (Å²) >= 11 is 0. The normalized spacial score (nSPS) is 33.9. The molecule has 1 spiro atoms. The largest absolute Gasteiger partial charge is 0.490 e. The second kappa shape index (κ2) is 6.62. The highest BCUT2D eigenvalue weighted by molar-refractivity contribution is 5.89. The standard InChI is InChI=1S/C22H20N4O3/c1-2-11-27-16-8-6-15(7-9-16)18-21(14-25)19(26)29-22(28-18)10-4-3-5-17(22)20(21,12-23)13-24/h2,6-9,17-18,26H,1,3-5,10-11H2/t17-,18+,21-,22+/m1/s1. The van der Waals surface area contributed by atoms with E-state index in [4.69, 9.17) is 19.6 Å². The maximum absolute atomic E-state index is 10.2. The molecule has 1 aromatic carbocycles. The summed E-state index contributed by atoms with van der Waals surface area (Å²) in [7, 11) is 0. The second-order valence-corrected chi connectivity index (χ2v) is 7.66. The lowest BCUT2D eigenvalue weighted by atomic mass is 9.48. The molecule has 0 unspecified atom stereocenters. The number of rotatable bonds is 4. The van der Waals surface area contributed by atoms with Crippen molar-refractivity contribution in [2.24, 2.45) is 16.7 Å². The number of ether oxygens (including phenoxy) is 3. The van der Waals surface area contributed by atoms with E-state index in [0.29, 0.717) is 30.8 Å². The van der Waals surface area contributed by atoms with Gasteiger partial charge in [-0.1, -0.05) is 31.2 Å². The molecule has 7 nitrogen and oxygen atoms in total. The Morgan fingerprint density at radius 1 is 1.17 bits per heavy atom. The molecule has 1 saturated carbocycles. The molecule has 4 atom stereocenters. The number of nitrogens with one attached hydrogen (secondary N) is 1. The summed E-state index contributed by atoms with van der Waals surface area (Å²) in [5.41, 5.74) is -2.97. The van der Waals surface area contributed by atoms with Crippen molar-refractivity contribution in [2.45, 2.75) is 37.6 Å². The minimum atomic E-state index is -1.84. The molecule has 7 heteroatoms. The SMILES string of the molecule is C=CCOc1ccc([C@@H]2O[C@]34CCCC[C@@H]3C(C#N)(C#N)[C@@]2(C#N)C(=N)O4)cc1. The van der Waals surface area contributed by atoms with E-state index in [-0.39, 0.29) is 5.90 Å². The first-order valence-corrected chi connectivity index (χ1v) is 9.57. The molecule has 5 rings (SSSR count). The van der Waals surface area contributed by atoms with E-state index in [1.807, 2.05) is 0 Å². The van der Waals surface area contributed by atoms with Crippen LogP contribution in [0.5, 0.6) is 5.75 Å². The van der Waals surface area contributed by atoms with Gasteiger partial charge in [0.25, 0.3) is 0 Å². The number of nitriles is 3. The smallest absolute Gasteiger partial charge is 0.218 e. The van der Waals surface area contributed by atoms with Gasteiger partial charge in [-0.05, 0) is 30.5 Å². The summed E-state index contributed by atoms with van der Waals surface area (Å²) in [4.78, 5) is 0. The van der Waals surface area contributed by atoms with Gasteiger partial charge in [0, 0.05) is 6.42 Å². The first kappa shape index (κ1) is 19.0. The third-order valence-electron chi connectivity index (χ3n) is 6.37. The Bertz CT molecular complexity index is 969. The Labute approximate surface area is 169 Å². The Balaban J connectivity index is 1.87. The van der Waals surface area contributed by atoms with E-state index in [2.05, 4.69) is 24.8 Å². The van der Waals surface area contributed by atoms with Crippen LogP contribution in [0.4, 0.5) is 0 Å². The van der Waals surface area contributed by atoms with Crippen molar-refractivity contribution in [1.82, 2.24) is 0 Å². The Hall–Kier alpha value is -3.34. The maximum Gasteiger partial charge on any atom is 0.218 e. The van der Waals surface area contributed by atoms with Crippen LogP contribution in [0, 0.1) is 56.2 Å². The Kier molecular flexibility index (Phi) is 4.34. The van der Waals surface area contributed by atoms with Gasteiger partial charge >= 0.3 is 0 Å². The molecule has 4 aliphatic rings. The minimum absolute atomic E-state index is 0.357. The van der Waals surface area contributed by atoms with Crippen molar-refractivity contribution >= 4 is 5.90 Å². The monoisotopic (exact) mass is 388 g/mol. The predicted octanol–water partition coefficient (Wildman–Crippen LogP) is 3.76. The highest BCUT2D eigenvalue weighted by Crippen LogP contribution is 2.69. The molecule has 29 heavy (non-hydrogen) atoms. The summed E-state index contributed by atoms with van der Waals surface area (Å²) in [6, 6.07) is 13.3. The van der Waals surface area contributed by atoms with E-state index in [1.54, 1.807) is 30.3 Å². The van der Waals surface area contributed by atoms with Crippen LogP contribution in [-0.2, 0) is 9.47 Å². The molecule has 1 N–H and O–H groups in total. The van der Waals surface area contributed by atoms with Gasteiger partial charge in [-0.25, -0.2) is 0 Å². The van der Waals surface area contributed by atoms with E-state index >= 15 is 0 Å². The molecular formula is C22H20N4O3. The zero-order chi connectivity index (χ0) is 20.7. The first-order chi connectivity index (χ1) is 14.0. The second-order valence-electron chi connectivity index (χ2n) is 7.66. The molecule has 1 aliphatic carbocycles. The Morgan fingerprint density at radius 2 is 1.90 bits per heavy atom. The van der Waals surface area contributed by atoms with Crippen LogP contribution in [0.2, 0.25) is 0 Å². The molecule has 3 heterocycles. The van der Waals surface area contributed by atoms with E-state index in [9.17, 15) is 15.8 Å². The van der Waals surface area contributed by atoms with Gasteiger partial charge in [-0.3, -0.25) is 5.41 Å². The van der Waals surface area contributed by atoms with Crippen molar-refractivity contribution in [2.75, 3.05) is 6.61 Å². The summed E-state index contributed by atoms with van der Waals surface area (Å²) in [5, 5.41) is 39.1. The first-order valence-electron chi connectivity index (χ1n) is 9.57. The molecular weight excluding hydrogens is 368 g/mol. The number of hydrogen-bond acceptors (Lipinski definition) is 7. The van der Waals surface area contributed by atoms with Crippen LogP contribution in [0.3, 0.4) is 0 Å². The van der Waals surface area contributed by atoms with Crippen LogP contribution in [0.15, 0.2) is 36.9 Å². The fraction of sp³-hybridized carbons (Fsp3) is 0.455. The highest BCUT2D eigenvalue weighted by Gasteiger charge is 2.80. The fourth-order valence-corrected chi connectivity index (χ4v) is 5.04. The third-order valence-corrected chi connectivity index (χ3v) is 6.37. The molecule has 0 amide bonds. The van der Waals surface area contributed by atoms with Crippen LogP contribution >= 0.6 is 0 Å². The van der Waals surface area contributed by atoms with Crippen LogP contribution in [0.1, 0.15) is 37.4 Å². The average molecular weight is 388 g/mol. The maximum atomic E-state index is 10.2. The average Bonchev–Trinajstić information content (AvgIpc) is 2.76. The lowest BCUT2D eigenvalue weighted by Crippen LogP contribution is -2.73. The van der Waals surface area contributed by atoms with Gasteiger partial charge in [-0.15, -0.1) is 0 Å². The quantitative estimate of drug-likeness (QED) is 0.783. The molecule has 3 aliphatic heterocycles. The van der Waals surface area contributed by atoms with Crippen molar-refractivity contribution in [3.63, 3.8) is 0 Å². The molecule has 4 fully saturated rings. The molecule has 0 aromatic heterocycles. The summed E-state index contributed by atoms with van der Waals surface area (Å²) in [5.74, 6) is -1.56. The summed E-state index contributed by atoms with van der Waals surface area (Å²) in [6.07, 6.45) is 3.31. The highest BCUT2D eigenvalue weighted by atomic mass is 16.7. The van der Waals surface area contributed by atoms with Crippen molar-refractivity contribution in [3.8, 4) is 24.0 Å². The number of hydrogen-bond donors (Lipinski definition) is 1. The van der Waals surface area contributed by atoms with E-state index < -0.39 is 28.6 Å². The minimum Gasteiger partial charge on any atom is -0.490 e. The fourth-order valence-electron chi connectivity index (χ4n) is 5.04. The number of benzene rings is 1. The predicted molar refractivity (Wildman–Crippen MR) is 101 cm³/mol. The lowest BCUT2D eigenvalue weighted by Gasteiger charge is -2.63. The van der Waals surface area contributed by atoms with E-state index in [0.717, 1.165) is 12.8 Å². The zero-order valence-electron chi connectivity index (χ0n) is 15.9. The zero-order valence-corrected chi connectivity index (χ0v) is 15.9. The molecule has 0 radical (unpaired) electrons. The molecule has 2 bridgehead atoms. The molecule has 146 valence electrons. The van der Waals surface area contributed by atoms with Crippen LogP contribution < -0.4 is 4.74 Å². The number of nitrogens with zero attached hydrogens (tertiary/aromatic N) is 3. The van der Waals surface area contributed by atoms with Gasteiger partial charge in [0.05, 0.1) is 24.1 Å². The van der Waals surface area contributed by atoms with Gasteiger partial charge in [-0.2, -0.15) is 15.8 Å². The molecule has 3 saturated heterocycles. The van der Waals surface area contributed by atoms with Gasteiger partial charge < -0.3 is 14.2 Å². The van der Waals surface area contributed by atoms with Crippen molar-refractivity contribution in [1.29, 1.82) is 21.2 Å². The number of fused-ring (bicyclic) bond motifs is 2. The van der Waals surface area contributed by atoms with Gasteiger partial charge in [0.15, 0.2) is 10.8 Å². The van der Waals surface area contributed by atoms with Crippen LogP contribution in [-0.4, -0.2) is 18.3 Å². The van der Waals surface area contributed by atoms with Crippen LogP contribution in [0.25, 0.3) is 0 Å². The van der Waals surface area contributed by atoms with Gasteiger partial charge in [0.1, 0.15) is 18.5 Å². The van der Waals surface area contributed by atoms with Gasteiger partial charge in [0.2, 0.25) is 11.7 Å². The third kappa shape index (κ3) is 2.27. The van der Waals surface area contributed by atoms with E-state index in [1.165, 1.54) is 0 Å².